The highest BCUT2D eigenvalue weighted by Gasteiger charge is 2.45. The van der Waals surface area contributed by atoms with E-state index >= 15 is 0 Å². The molecule has 0 bridgehead atoms. The van der Waals surface area contributed by atoms with Gasteiger partial charge in [0.25, 0.3) is 0 Å². The number of hydrogen-bond donors (Lipinski definition) is 1. The summed E-state index contributed by atoms with van der Waals surface area (Å²) in [5.41, 5.74) is 1.62. The molecular formula is C9H11NOS. The molecule has 3 heterocycles. The van der Waals surface area contributed by atoms with Gasteiger partial charge in [-0.2, -0.15) is 11.8 Å². The van der Waals surface area contributed by atoms with E-state index in [1.807, 2.05) is 18.0 Å². The molecule has 1 fully saturated rings. The van der Waals surface area contributed by atoms with Crippen molar-refractivity contribution in [1.82, 2.24) is 5.32 Å². The minimum Gasteiger partial charge on any atom is -0.467 e. The van der Waals surface area contributed by atoms with Crippen LogP contribution >= 0.6 is 11.8 Å². The highest BCUT2D eigenvalue weighted by molar-refractivity contribution is 8.00. The molecule has 2 aliphatic rings. The van der Waals surface area contributed by atoms with E-state index in [0.717, 1.165) is 13.0 Å². The monoisotopic (exact) mass is 181 g/mol. The summed E-state index contributed by atoms with van der Waals surface area (Å²) in [6.45, 7) is 1.10. The zero-order chi connectivity index (χ0) is 8.02. The van der Waals surface area contributed by atoms with Crippen LogP contribution < -0.4 is 5.32 Å². The zero-order valence-corrected chi connectivity index (χ0v) is 7.62. The van der Waals surface area contributed by atoms with Gasteiger partial charge in [-0.25, -0.2) is 0 Å². The Labute approximate surface area is 75.7 Å². The Morgan fingerprint density at radius 1 is 1.50 bits per heavy atom. The fourth-order valence-electron chi connectivity index (χ4n) is 2.01. The second-order valence-corrected chi connectivity index (χ2v) is 4.51. The SMILES string of the molecule is c1cc2c(o1)C1(CSC1)NCC2. The third-order valence-electron chi connectivity index (χ3n) is 2.74. The Balaban J connectivity index is 2.09. The molecule has 0 saturated carbocycles. The molecule has 1 aromatic heterocycles. The van der Waals surface area contributed by atoms with Gasteiger partial charge in [-0.1, -0.05) is 0 Å². The van der Waals surface area contributed by atoms with Crippen molar-refractivity contribution in [3.8, 4) is 0 Å². The summed E-state index contributed by atoms with van der Waals surface area (Å²) in [7, 11) is 0. The van der Waals surface area contributed by atoms with Crippen LogP contribution in [-0.2, 0) is 12.0 Å². The predicted octanol–water partition coefficient (Wildman–Crippen LogP) is 1.37. The third-order valence-corrected chi connectivity index (χ3v) is 4.13. The zero-order valence-electron chi connectivity index (χ0n) is 6.80. The van der Waals surface area contributed by atoms with Crippen LogP contribution in [0.2, 0.25) is 0 Å². The Morgan fingerprint density at radius 3 is 3.17 bits per heavy atom. The molecule has 2 aliphatic heterocycles. The van der Waals surface area contributed by atoms with Crippen LogP contribution in [0.3, 0.4) is 0 Å². The van der Waals surface area contributed by atoms with Crippen LogP contribution in [0.5, 0.6) is 0 Å². The van der Waals surface area contributed by atoms with E-state index in [4.69, 9.17) is 4.42 Å². The molecule has 1 aromatic rings. The second-order valence-electron chi connectivity index (χ2n) is 3.53. The molecule has 0 aromatic carbocycles. The predicted molar refractivity (Wildman–Crippen MR) is 49.4 cm³/mol. The van der Waals surface area contributed by atoms with Gasteiger partial charge in [0.15, 0.2) is 0 Å². The molecule has 64 valence electrons. The molecule has 0 atom stereocenters. The van der Waals surface area contributed by atoms with E-state index in [1.54, 1.807) is 0 Å². The first-order valence-corrected chi connectivity index (χ1v) is 5.46. The summed E-state index contributed by atoms with van der Waals surface area (Å²) >= 11 is 1.99. The lowest BCUT2D eigenvalue weighted by molar-refractivity contribution is 0.299. The maximum absolute atomic E-state index is 5.54. The normalized spacial score (nSPS) is 25.0. The van der Waals surface area contributed by atoms with Crippen LogP contribution in [0.15, 0.2) is 16.7 Å². The molecule has 3 heteroatoms. The van der Waals surface area contributed by atoms with Gasteiger partial charge >= 0.3 is 0 Å². The summed E-state index contributed by atoms with van der Waals surface area (Å²) in [6.07, 6.45) is 2.95. The van der Waals surface area contributed by atoms with Crippen LogP contribution in [0.25, 0.3) is 0 Å². The van der Waals surface area contributed by atoms with Gasteiger partial charge in [0.2, 0.25) is 0 Å². The molecule has 1 spiro atoms. The quantitative estimate of drug-likeness (QED) is 0.654. The smallest absolute Gasteiger partial charge is 0.128 e. The van der Waals surface area contributed by atoms with Crippen LogP contribution in [0.4, 0.5) is 0 Å². The van der Waals surface area contributed by atoms with Gasteiger partial charge in [-0.3, -0.25) is 0 Å². The van der Waals surface area contributed by atoms with E-state index in [2.05, 4.69) is 11.4 Å². The van der Waals surface area contributed by atoms with Gasteiger partial charge in [-0.05, 0) is 18.1 Å². The molecule has 1 saturated heterocycles. The van der Waals surface area contributed by atoms with E-state index < -0.39 is 0 Å². The molecule has 0 unspecified atom stereocenters. The van der Waals surface area contributed by atoms with Crippen molar-refractivity contribution in [1.29, 1.82) is 0 Å². The van der Waals surface area contributed by atoms with E-state index in [0.29, 0.717) is 0 Å². The van der Waals surface area contributed by atoms with E-state index in [-0.39, 0.29) is 5.54 Å². The number of hydrogen-bond acceptors (Lipinski definition) is 3. The molecule has 0 radical (unpaired) electrons. The maximum atomic E-state index is 5.54. The molecule has 0 amide bonds. The number of rotatable bonds is 0. The third kappa shape index (κ3) is 0.756. The second kappa shape index (κ2) is 2.30. The van der Waals surface area contributed by atoms with E-state index in [1.165, 1.54) is 22.8 Å². The van der Waals surface area contributed by atoms with Crippen molar-refractivity contribution < 1.29 is 4.42 Å². The Hall–Kier alpha value is -0.410. The minimum absolute atomic E-state index is 0.210. The van der Waals surface area contributed by atoms with Gasteiger partial charge in [-0.15, -0.1) is 0 Å². The average molecular weight is 181 g/mol. The minimum atomic E-state index is 0.210. The lowest BCUT2D eigenvalue weighted by Gasteiger charge is -2.43. The first kappa shape index (κ1) is 7.04. The average Bonchev–Trinajstić information content (AvgIpc) is 2.47. The van der Waals surface area contributed by atoms with Gasteiger partial charge in [0.1, 0.15) is 5.76 Å². The molecule has 3 rings (SSSR count). The highest BCUT2D eigenvalue weighted by atomic mass is 32.2. The van der Waals surface area contributed by atoms with E-state index in [9.17, 15) is 0 Å². The molecule has 2 nitrogen and oxygen atoms in total. The largest absolute Gasteiger partial charge is 0.467 e. The van der Waals surface area contributed by atoms with Crippen LogP contribution in [0.1, 0.15) is 11.3 Å². The number of fused-ring (bicyclic) bond motifs is 2. The number of furan rings is 1. The summed E-state index contributed by atoms with van der Waals surface area (Å²) in [6, 6.07) is 2.11. The van der Waals surface area contributed by atoms with Crippen LogP contribution in [0, 0.1) is 0 Å². The lowest BCUT2D eigenvalue weighted by Crippen LogP contribution is -2.55. The molecule has 0 aliphatic carbocycles. The first-order chi connectivity index (χ1) is 5.91. The number of nitrogens with one attached hydrogen (secondary N) is 1. The highest BCUT2D eigenvalue weighted by Crippen LogP contribution is 2.42. The van der Waals surface area contributed by atoms with Crippen molar-refractivity contribution in [3.63, 3.8) is 0 Å². The fourth-order valence-corrected chi connectivity index (χ4v) is 3.09. The standard InChI is InChI=1S/C9H11NOS/c1-3-10-9(5-12-6-9)8-7(1)2-4-11-8/h2,4,10H,1,3,5-6H2. The Morgan fingerprint density at radius 2 is 2.42 bits per heavy atom. The van der Waals surface area contributed by atoms with Gasteiger partial charge < -0.3 is 9.73 Å². The summed E-state index contributed by atoms with van der Waals surface area (Å²) in [5, 5.41) is 3.56. The lowest BCUT2D eigenvalue weighted by atomic mass is 9.91. The summed E-state index contributed by atoms with van der Waals surface area (Å²) < 4.78 is 5.54. The molecular weight excluding hydrogens is 170 g/mol. The molecule has 12 heavy (non-hydrogen) atoms. The number of thioether (sulfide) groups is 1. The Kier molecular flexibility index (Phi) is 1.35. The topological polar surface area (TPSA) is 25.2 Å². The Bertz CT molecular complexity index is 303. The maximum Gasteiger partial charge on any atom is 0.128 e. The van der Waals surface area contributed by atoms with Crippen molar-refractivity contribution in [2.45, 2.75) is 12.0 Å². The van der Waals surface area contributed by atoms with Crippen molar-refractivity contribution in [2.24, 2.45) is 0 Å². The fraction of sp³-hybridized carbons (Fsp3) is 0.556. The summed E-state index contributed by atoms with van der Waals surface area (Å²) in [5.74, 6) is 3.55. The van der Waals surface area contributed by atoms with Crippen molar-refractivity contribution in [2.75, 3.05) is 18.1 Å². The van der Waals surface area contributed by atoms with Crippen LogP contribution in [-0.4, -0.2) is 18.1 Å². The summed E-state index contributed by atoms with van der Waals surface area (Å²) in [4.78, 5) is 0. The van der Waals surface area contributed by atoms with Gasteiger partial charge in [0, 0.05) is 18.1 Å². The van der Waals surface area contributed by atoms with Crippen molar-refractivity contribution >= 4 is 11.8 Å². The first-order valence-electron chi connectivity index (χ1n) is 4.30. The van der Waals surface area contributed by atoms with Crippen molar-refractivity contribution in [3.05, 3.63) is 23.7 Å². The molecule has 1 N–H and O–H groups in total. The van der Waals surface area contributed by atoms with Gasteiger partial charge in [0.05, 0.1) is 11.8 Å².